The average Bonchev–Trinajstić information content (AvgIpc) is 2.38. The monoisotopic (exact) mass is 257 g/mol. The second kappa shape index (κ2) is 5.44. The van der Waals surface area contributed by atoms with E-state index in [1.807, 2.05) is 36.4 Å². The molecule has 2 aromatic rings. The third kappa shape index (κ3) is 2.73. The van der Waals surface area contributed by atoms with Crippen molar-refractivity contribution in [3.05, 3.63) is 53.1 Å². The lowest BCUT2D eigenvalue weighted by Crippen LogP contribution is -1.96. The molecule has 0 aliphatic heterocycles. The molecule has 0 aliphatic rings. The quantitative estimate of drug-likeness (QED) is 0.824. The number of nitrogens with one attached hydrogen (secondary N) is 1. The van der Waals surface area contributed by atoms with Crippen LogP contribution in [0.2, 0.25) is 5.02 Å². The van der Waals surface area contributed by atoms with Gasteiger partial charge >= 0.3 is 0 Å². The van der Waals surface area contributed by atoms with Gasteiger partial charge in [0.25, 0.3) is 0 Å². The standard InChI is InChI=1S/C14H12ClN3/c15-12-2-1-3-13(14(12)17)18-11-6-4-10(5-7-11)8-9-16/h1-7,18H,8,17H2. The minimum absolute atomic E-state index is 0.416. The zero-order chi connectivity index (χ0) is 13.0. The van der Waals surface area contributed by atoms with Crippen molar-refractivity contribution >= 4 is 28.7 Å². The second-order valence-electron chi connectivity index (χ2n) is 3.86. The van der Waals surface area contributed by atoms with E-state index >= 15 is 0 Å². The zero-order valence-corrected chi connectivity index (χ0v) is 10.4. The Morgan fingerprint density at radius 1 is 1.17 bits per heavy atom. The molecule has 0 atom stereocenters. The van der Waals surface area contributed by atoms with Crippen LogP contribution in [0.25, 0.3) is 0 Å². The molecule has 18 heavy (non-hydrogen) atoms. The third-order valence-corrected chi connectivity index (χ3v) is 2.90. The number of nitriles is 1. The molecule has 0 heterocycles. The second-order valence-corrected chi connectivity index (χ2v) is 4.27. The number of nitrogens with two attached hydrogens (primary N) is 1. The molecule has 0 aliphatic carbocycles. The summed E-state index contributed by atoms with van der Waals surface area (Å²) in [7, 11) is 0. The molecule has 90 valence electrons. The van der Waals surface area contributed by atoms with Crippen LogP contribution < -0.4 is 11.1 Å². The number of hydrogen-bond donors (Lipinski definition) is 2. The lowest BCUT2D eigenvalue weighted by molar-refractivity contribution is 1.26. The van der Waals surface area contributed by atoms with Crippen LogP contribution in [0.1, 0.15) is 5.56 Å². The van der Waals surface area contributed by atoms with Crippen LogP contribution in [0.15, 0.2) is 42.5 Å². The fraction of sp³-hybridized carbons (Fsp3) is 0.0714. The molecule has 0 spiro atoms. The Bertz CT molecular complexity index is 585. The molecule has 0 aromatic heterocycles. The van der Waals surface area contributed by atoms with E-state index in [1.165, 1.54) is 0 Å². The summed E-state index contributed by atoms with van der Waals surface area (Å²) in [6, 6.07) is 15.2. The highest BCUT2D eigenvalue weighted by Crippen LogP contribution is 2.29. The number of nitrogens with zero attached hydrogens (tertiary/aromatic N) is 1. The first-order chi connectivity index (χ1) is 8.70. The highest BCUT2D eigenvalue weighted by Gasteiger charge is 2.03. The van der Waals surface area contributed by atoms with Gasteiger partial charge < -0.3 is 11.1 Å². The highest BCUT2D eigenvalue weighted by molar-refractivity contribution is 6.33. The highest BCUT2D eigenvalue weighted by atomic mass is 35.5. The molecule has 0 amide bonds. The maximum absolute atomic E-state index is 8.59. The molecule has 0 unspecified atom stereocenters. The minimum Gasteiger partial charge on any atom is -0.396 e. The van der Waals surface area contributed by atoms with E-state index < -0.39 is 0 Å². The first-order valence-electron chi connectivity index (χ1n) is 5.47. The van der Waals surface area contributed by atoms with Gasteiger partial charge in [0.1, 0.15) is 0 Å². The predicted molar refractivity (Wildman–Crippen MR) is 74.9 cm³/mol. The van der Waals surface area contributed by atoms with E-state index in [0.29, 0.717) is 17.1 Å². The fourth-order valence-electron chi connectivity index (χ4n) is 1.60. The Labute approximate surface area is 111 Å². The molecule has 3 N–H and O–H groups in total. The lowest BCUT2D eigenvalue weighted by atomic mass is 10.1. The number of benzene rings is 2. The number of hydrogen-bond acceptors (Lipinski definition) is 3. The molecule has 2 aromatic carbocycles. The molecule has 0 saturated heterocycles. The number of rotatable bonds is 3. The molecular weight excluding hydrogens is 246 g/mol. The van der Waals surface area contributed by atoms with Gasteiger partial charge in [-0.15, -0.1) is 0 Å². The van der Waals surface area contributed by atoms with Gasteiger partial charge in [-0.05, 0) is 29.8 Å². The smallest absolute Gasteiger partial charge is 0.0742 e. The van der Waals surface area contributed by atoms with Gasteiger partial charge in [0.05, 0.1) is 28.9 Å². The van der Waals surface area contributed by atoms with Crippen molar-refractivity contribution in [2.45, 2.75) is 6.42 Å². The zero-order valence-electron chi connectivity index (χ0n) is 9.65. The van der Waals surface area contributed by atoms with Gasteiger partial charge in [0.15, 0.2) is 0 Å². The van der Waals surface area contributed by atoms with Crippen LogP contribution in [0, 0.1) is 11.3 Å². The number of anilines is 3. The molecule has 2 rings (SSSR count). The van der Waals surface area contributed by atoms with Crippen molar-refractivity contribution in [2.24, 2.45) is 0 Å². The topological polar surface area (TPSA) is 61.8 Å². The molecule has 0 fully saturated rings. The number of halogens is 1. The van der Waals surface area contributed by atoms with Crippen molar-refractivity contribution in [2.75, 3.05) is 11.1 Å². The number of para-hydroxylation sites is 1. The number of nitrogen functional groups attached to an aromatic ring is 1. The summed E-state index contributed by atoms with van der Waals surface area (Å²) in [6.07, 6.45) is 0.416. The molecule has 3 nitrogen and oxygen atoms in total. The van der Waals surface area contributed by atoms with Crippen LogP contribution in [-0.2, 0) is 6.42 Å². The first kappa shape index (κ1) is 12.3. The first-order valence-corrected chi connectivity index (χ1v) is 5.85. The fourth-order valence-corrected chi connectivity index (χ4v) is 1.77. The summed E-state index contributed by atoms with van der Waals surface area (Å²) in [5.74, 6) is 0. The van der Waals surface area contributed by atoms with Gasteiger partial charge in [0, 0.05) is 5.69 Å². The maximum Gasteiger partial charge on any atom is 0.0742 e. The third-order valence-electron chi connectivity index (χ3n) is 2.57. The van der Waals surface area contributed by atoms with E-state index in [1.54, 1.807) is 6.07 Å². The summed E-state index contributed by atoms with van der Waals surface area (Å²) < 4.78 is 0. The van der Waals surface area contributed by atoms with Crippen LogP contribution >= 0.6 is 11.6 Å². The van der Waals surface area contributed by atoms with Gasteiger partial charge in [-0.3, -0.25) is 0 Å². The Balaban J connectivity index is 2.19. The van der Waals surface area contributed by atoms with Crippen LogP contribution in [0.3, 0.4) is 0 Å². The lowest BCUT2D eigenvalue weighted by Gasteiger charge is -2.10. The summed E-state index contributed by atoms with van der Waals surface area (Å²) in [5.41, 5.74) is 9.07. The van der Waals surface area contributed by atoms with Gasteiger partial charge in [0.2, 0.25) is 0 Å². The van der Waals surface area contributed by atoms with Gasteiger partial charge in [-0.2, -0.15) is 5.26 Å². The SMILES string of the molecule is N#CCc1ccc(Nc2cccc(Cl)c2N)cc1. The van der Waals surface area contributed by atoms with Crippen LogP contribution in [-0.4, -0.2) is 0 Å². The Hall–Kier alpha value is -2.18. The minimum atomic E-state index is 0.416. The van der Waals surface area contributed by atoms with E-state index in [4.69, 9.17) is 22.6 Å². The van der Waals surface area contributed by atoms with Crippen LogP contribution in [0.4, 0.5) is 17.1 Å². The van der Waals surface area contributed by atoms with E-state index in [0.717, 1.165) is 16.9 Å². The van der Waals surface area contributed by atoms with Crippen molar-refractivity contribution < 1.29 is 0 Å². The summed E-state index contributed by atoms with van der Waals surface area (Å²) in [6.45, 7) is 0. The molecular formula is C14H12ClN3. The summed E-state index contributed by atoms with van der Waals surface area (Å²) >= 11 is 5.95. The maximum atomic E-state index is 8.59. The Morgan fingerprint density at radius 2 is 1.89 bits per heavy atom. The van der Waals surface area contributed by atoms with Gasteiger partial charge in [-0.25, -0.2) is 0 Å². The predicted octanol–water partition coefficient (Wildman–Crippen LogP) is 3.73. The van der Waals surface area contributed by atoms with Crippen LogP contribution in [0.5, 0.6) is 0 Å². The normalized spacial score (nSPS) is 9.78. The molecule has 0 saturated carbocycles. The summed E-state index contributed by atoms with van der Waals surface area (Å²) in [4.78, 5) is 0. The van der Waals surface area contributed by atoms with E-state index in [-0.39, 0.29) is 0 Å². The largest absolute Gasteiger partial charge is 0.396 e. The van der Waals surface area contributed by atoms with E-state index in [2.05, 4.69) is 11.4 Å². The average molecular weight is 258 g/mol. The molecule has 0 radical (unpaired) electrons. The van der Waals surface area contributed by atoms with Crippen molar-refractivity contribution in [1.29, 1.82) is 5.26 Å². The Kier molecular flexibility index (Phi) is 3.71. The molecule has 0 bridgehead atoms. The molecule has 4 heteroatoms. The van der Waals surface area contributed by atoms with E-state index in [9.17, 15) is 0 Å². The van der Waals surface area contributed by atoms with Crippen molar-refractivity contribution in [3.8, 4) is 6.07 Å². The Morgan fingerprint density at radius 3 is 2.56 bits per heavy atom. The summed E-state index contributed by atoms with van der Waals surface area (Å²) in [5, 5.41) is 12.3. The van der Waals surface area contributed by atoms with Gasteiger partial charge in [-0.1, -0.05) is 29.8 Å². The van der Waals surface area contributed by atoms with Crippen molar-refractivity contribution in [1.82, 2.24) is 0 Å². The van der Waals surface area contributed by atoms with Crippen molar-refractivity contribution in [3.63, 3.8) is 0 Å².